The Kier molecular flexibility index (Phi) is 7.89. The van der Waals surface area contributed by atoms with Crippen molar-refractivity contribution in [1.82, 2.24) is 20.2 Å². The van der Waals surface area contributed by atoms with E-state index in [1.165, 1.54) is 23.6 Å². The van der Waals surface area contributed by atoms with E-state index < -0.39 is 36.5 Å². The summed E-state index contributed by atoms with van der Waals surface area (Å²) in [6.07, 6.45) is 0.707. The molecule has 37 heavy (non-hydrogen) atoms. The highest BCUT2D eigenvalue weighted by atomic mass is 32.2. The van der Waals surface area contributed by atoms with Crippen LogP contribution < -0.4 is 11.1 Å². The van der Waals surface area contributed by atoms with E-state index in [1.54, 1.807) is 6.92 Å². The van der Waals surface area contributed by atoms with Gasteiger partial charge in [0, 0.05) is 17.2 Å². The first-order chi connectivity index (χ1) is 17.6. The molecule has 0 aromatic carbocycles. The van der Waals surface area contributed by atoms with Crippen molar-refractivity contribution in [2.24, 2.45) is 5.16 Å². The molecule has 2 amide bonds. The van der Waals surface area contributed by atoms with Crippen LogP contribution >= 0.6 is 34.4 Å². The second kappa shape index (κ2) is 10.9. The largest absolute Gasteiger partial charge is 0.477 e. The zero-order chi connectivity index (χ0) is 26.9. The normalized spacial score (nSPS) is 19.4. The topological polar surface area (TPSA) is 177 Å². The number of aromatic nitrogens is 2. The molecule has 4 heterocycles. The first-order valence-electron chi connectivity index (χ1n) is 10.9. The van der Waals surface area contributed by atoms with Gasteiger partial charge in [0.05, 0.1) is 16.6 Å². The summed E-state index contributed by atoms with van der Waals surface area (Å²) in [7, 11) is 0. The maximum Gasteiger partial charge on any atom is 0.353 e. The molecule has 2 aliphatic rings. The van der Waals surface area contributed by atoms with Crippen LogP contribution in [0.1, 0.15) is 40.8 Å². The highest BCUT2D eigenvalue weighted by Crippen LogP contribution is 2.44. The number of halogens is 1. The third-order valence-electron chi connectivity index (χ3n) is 5.49. The number of β-lactam (4-membered cyclic amide) rings is 1. The van der Waals surface area contributed by atoms with Crippen LogP contribution in [0.3, 0.4) is 0 Å². The van der Waals surface area contributed by atoms with Gasteiger partial charge in [-0.25, -0.2) is 19.2 Å². The van der Waals surface area contributed by atoms with Gasteiger partial charge in [0.15, 0.2) is 21.0 Å². The Balaban J connectivity index is 1.53. The molecular formula is C21H21FN6O6S3. The number of Topliss-reactive ketones (excluding diaryl/α,β-unsaturated/α-hetero) is 1. The number of hydrogen-bond acceptors (Lipinski definition) is 12. The molecule has 0 radical (unpaired) electrons. The van der Waals surface area contributed by atoms with Crippen LogP contribution in [0, 0.1) is 6.92 Å². The van der Waals surface area contributed by atoms with E-state index >= 15 is 0 Å². The van der Waals surface area contributed by atoms with Crippen LogP contribution in [0.15, 0.2) is 25.5 Å². The van der Waals surface area contributed by atoms with Crippen LogP contribution in [0.5, 0.6) is 0 Å². The Hall–Kier alpha value is -3.37. The number of hydrogen-bond donors (Lipinski definition) is 3. The maximum absolute atomic E-state index is 13.0. The van der Waals surface area contributed by atoms with Crippen LogP contribution in [-0.2, 0) is 19.2 Å². The average molecular weight is 569 g/mol. The Labute approximate surface area is 221 Å². The van der Waals surface area contributed by atoms with E-state index in [-0.39, 0.29) is 34.6 Å². The number of amides is 2. The number of nitrogen functional groups attached to an aromatic ring is 1. The lowest BCUT2D eigenvalue weighted by molar-refractivity contribution is -0.155. The molecule has 0 spiro atoms. The molecule has 1 saturated heterocycles. The number of oxime groups is 1. The van der Waals surface area contributed by atoms with Crippen molar-refractivity contribution in [3.8, 4) is 0 Å². The monoisotopic (exact) mass is 568 g/mol. The summed E-state index contributed by atoms with van der Waals surface area (Å²) < 4.78 is 12.9. The van der Waals surface area contributed by atoms with Crippen LogP contribution in [-0.4, -0.2) is 74.6 Å². The molecular weight excluding hydrogens is 547 g/mol. The number of aryl methyl sites for hydroxylation is 1. The number of rotatable bonds is 10. The van der Waals surface area contributed by atoms with Crippen LogP contribution in [0.25, 0.3) is 0 Å². The highest BCUT2D eigenvalue weighted by Gasteiger charge is 2.54. The van der Waals surface area contributed by atoms with Crippen molar-refractivity contribution in [3.05, 3.63) is 32.2 Å². The summed E-state index contributed by atoms with van der Waals surface area (Å²) >= 11 is 3.34. The predicted molar refractivity (Wildman–Crippen MR) is 134 cm³/mol. The predicted octanol–water partition coefficient (Wildman–Crippen LogP) is 1.96. The van der Waals surface area contributed by atoms with Gasteiger partial charge < -0.3 is 21.0 Å². The quantitative estimate of drug-likeness (QED) is 0.126. The molecule has 0 saturated carbocycles. The number of carbonyl (C=O) groups excluding carboxylic acids is 3. The zero-order valence-electron chi connectivity index (χ0n) is 19.5. The number of carboxylic acid groups (broad SMARTS) is 1. The highest BCUT2D eigenvalue weighted by molar-refractivity contribution is 8.04. The molecule has 4 N–H and O–H groups in total. The van der Waals surface area contributed by atoms with Crippen molar-refractivity contribution < 1.29 is 33.5 Å². The molecule has 16 heteroatoms. The summed E-state index contributed by atoms with van der Waals surface area (Å²) in [6, 6.07) is -1.59. The first-order valence-corrected chi connectivity index (χ1v) is 13.4. The maximum atomic E-state index is 13.0. The van der Waals surface area contributed by atoms with Gasteiger partial charge in [0.1, 0.15) is 30.7 Å². The number of fused-ring (bicyclic) bond motifs is 1. The molecule has 2 aromatic heterocycles. The smallest absolute Gasteiger partial charge is 0.353 e. The minimum Gasteiger partial charge on any atom is -0.477 e. The number of allylic oxidation sites excluding steroid dienone is 1. The van der Waals surface area contributed by atoms with Gasteiger partial charge >= 0.3 is 5.97 Å². The van der Waals surface area contributed by atoms with E-state index in [2.05, 4.69) is 20.4 Å². The lowest BCUT2D eigenvalue weighted by Crippen LogP contribution is -2.72. The van der Waals surface area contributed by atoms with Crippen molar-refractivity contribution in [1.29, 1.82) is 0 Å². The molecule has 2 aromatic rings. The van der Waals surface area contributed by atoms with Gasteiger partial charge in [-0.3, -0.25) is 19.3 Å². The number of nitrogens with zero attached hydrogens (tertiary/aromatic N) is 4. The van der Waals surface area contributed by atoms with Crippen molar-refractivity contribution in [2.45, 2.75) is 43.1 Å². The Morgan fingerprint density at radius 2 is 2.16 bits per heavy atom. The van der Waals surface area contributed by atoms with Crippen molar-refractivity contribution >= 4 is 68.8 Å². The number of nitrogens with one attached hydrogen (secondary N) is 1. The molecule has 196 valence electrons. The lowest BCUT2D eigenvalue weighted by Gasteiger charge is -2.50. The number of nitrogens with two attached hydrogens (primary N) is 1. The molecule has 0 unspecified atom stereocenters. The molecule has 4 rings (SSSR count). The van der Waals surface area contributed by atoms with Gasteiger partial charge in [0.25, 0.3) is 11.8 Å². The summed E-state index contributed by atoms with van der Waals surface area (Å²) in [5.41, 5.74) is 5.83. The minimum atomic E-state index is -1.29. The minimum absolute atomic E-state index is 0.0969. The van der Waals surface area contributed by atoms with E-state index in [9.17, 15) is 28.7 Å². The number of alkyl halides is 1. The number of carboxylic acids is 1. The van der Waals surface area contributed by atoms with E-state index in [4.69, 9.17) is 10.6 Å². The standard InChI is InChI=1S/C21H21FN6O6S3/c1-8-16(9(2)29)37-21(24-8)36-12-4-3-11-14(18(31)28(11)15(12)19(32)33)26-17(30)13(27-34-6-5-22)10-7-35-20(23)25-10/h7,11,14H,3-6H2,1-2H3,(H2,23,25)(H,26,30)(H,32,33)/b27-13+/t11-,14+/m1/s1. The number of anilines is 1. The van der Waals surface area contributed by atoms with Gasteiger partial charge in [-0.05, 0) is 19.8 Å². The average Bonchev–Trinajstić information content (AvgIpc) is 3.44. The number of carbonyl (C=O) groups is 4. The number of ketones is 1. The van der Waals surface area contributed by atoms with Crippen LogP contribution in [0.2, 0.25) is 0 Å². The number of aliphatic carboxylic acids is 1. The third-order valence-corrected chi connectivity index (χ3v) is 8.63. The molecule has 0 bridgehead atoms. The summed E-state index contributed by atoms with van der Waals surface area (Å²) in [5.74, 6) is -2.81. The van der Waals surface area contributed by atoms with Gasteiger partial charge in [0.2, 0.25) is 0 Å². The van der Waals surface area contributed by atoms with E-state index in [0.717, 1.165) is 28.0 Å². The summed E-state index contributed by atoms with van der Waals surface area (Å²) in [5, 5.41) is 17.8. The Morgan fingerprint density at radius 1 is 1.41 bits per heavy atom. The second-order valence-electron chi connectivity index (χ2n) is 7.93. The van der Waals surface area contributed by atoms with Crippen molar-refractivity contribution in [3.63, 3.8) is 0 Å². The fraction of sp³-hybridized carbons (Fsp3) is 0.381. The van der Waals surface area contributed by atoms with E-state index in [0.29, 0.717) is 32.7 Å². The molecule has 0 aliphatic carbocycles. The molecule has 12 nitrogen and oxygen atoms in total. The number of thiazole rings is 2. The lowest BCUT2D eigenvalue weighted by atomic mass is 9.86. The first kappa shape index (κ1) is 26.7. The Bertz CT molecular complexity index is 1340. The van der Waals surface area contributed by atoms with Gasteiger partial charge in [-0.1, -0.05) is 16.9 Å². The van der Waals surface area contributed by atoms with E-state index in [1.807, 2.05) is 0 Å². The van der Waals surface area contributed by atoms with Gasteiger partial charge in [-0.15, -0.1) is 22.7 Å². The Morgan fingerprint density at radius 3 is 2.76 bits per heavy atom. The fourth-order valence-corrected chi connectivity index (χ4v) is 6.79. The molecule has 1 fully saturated rings. The third kappa shape index (κ3) is 5.35. The van der Waals surface area contributed by atoms with Gasteiger partial charge in [-0.2, -0.15) is 0 Å². The second-order valence-corrected chi connectivity index (χ2v) is 11.2. The SMILES string of the molecule is CC(=O)c1sc(SC2=C(C(=O)O)N3C(=O)[C@@H](NC(=O)/C(=N/OCCF)c4csc(N)n4)[C@H]3CC2)nc1C. The van der Waals surface area contributed by atoms with Crippen LogP contribution in [0.4, 0.5) is 9.52 Å². The number of thioether (sulfide) groups is 1. The fourth-order valence-electron chi connectivity index (χ4n) is 3.93. The molecule has 2 atom stereocenters. The summed E-state index contributed by atoms with van der Waals surface area (Å²) in [6.45, 7) is 1.93. The zero-order valence-corrected chi connectivity index (χ0v) is 22.0. The van der Waals surface area contributed by atoms with Crippen molar-refractivity contribution in [2.75, 3.05) is 19.0 Å². The molecule has 2 aliphatic heterocycles. The summed E-state index contributed by atoms with van der Waals surface area (Å²) in [4.78, 5) is 65.1.